The number of ether oxygens (including phenoxy) is 3. The number of carbonyl (C=O) groups excluding carboxylic acids is 2. The van der Waals surface area contributed by atoms with E-state index in [0.29, 0.717) is 30.3 Å². The molecule has 0 fully saturated rings. The summed E-state index contributed by atoms with van der Waals surface area (Å²) < 4.78 is 43.7. The first kappa shape index (κ1) is 23.1. The van der Waals surface area contributed by atoms with Gasteiger partial charge < -0.3 is 19.5 Å². The molecule has 0 radical (unpaired) electrons. The molecule has 0 spiro atoms. The second kappa shape index (κ2) is 9.84. The molecule has 1 amide bonds. The van der Waals surface area contributed by atoms with Gasteiger partial charge in [0.1, 0.15) is 13.2 Å². The Bertz CT molecular complexity index is 1320. The smallest absolute Gasteiger partial charge is 0.337 e. The van der Waals surface area contributed by atoms with Crippen molar-refractivity contribution in [2.45, 2.75) is 11.4 Å². The normalized spacial score (nSPS) is 12.5. The van der Waals surface area contributed by atoms with Gasteiger partial charge in [0.15, 0.2) is 11.5 Å². The monoisotopic (exact) mass is 482 g/mol. The fourth-order valence-corrected chi connectivity index (χ4v) is 4.35. The lowest BCUT2D eigenvalue weighted by atomic mass is 10.1. The molecule has 34 heavy (non-hydrogen) atoms. The van der Waals surface area contributed by atoms with Crippen LogP contribution in [0.3, 0.4) is 0 Å². The fourth-order valence-electron chi connectivity index (χ4n) is 3.29. The first-order chi connectivity index (χ1) is 16.4. The summed E-state index contributed by atoms with van der Waals surface area (Å²) in [6, 6.07) is 17.2. The Morgan fingerprint density at radius 1 is 0.912 bits per heavy atom. The number of amides is 1. The van der Waals surface area contributed by atoms with Crippen molar-refractivity contribution in [2.75, 3.05) is 25.0 Å². The molecule has 176 valence electrons. The first-order valence-electron chi connectivity index (χ1n) is 10.3. The Morgan fingerprint density at radius 2 is 1.65 bits per heavy atom. The Kier molecular flexibility index (Phi) is 6.69. The molecule has 0 saturated heterocycles. The van der Waals surface area contributed by atoms with Gasteiger partial charge in [-0.3, -0.25) is 9.52 Å². The number of benzene rings is 3. The zero-order chi connectivity index (χ0) is 24.1. The molecular weight excluding hydrogens is 460 g/mol. The van der Waals surface area contributed by atoms with E-state index in [1.54, 1.807) is 48.5 Å². The quantitative estimate of drug-likeness (QED) is 0.497. The highest BCUT2D eigenvalue weighted by Crippen LogP contribution is 2.32. The van der Waals surface area contributed by atoms with Crippen LogP contribution in [0.5, 0.6) is 11.5 Å². The molecule has 1 aliphatic rings. The third kappa shape index (κ3) is 5.29. The SMILES string of the molecule is COC(=O)c1ccc(CNC(=O)c2cccc(NS(=O)(=O)c3ccc4c(c3)OCCO4)c2)cc1. The van der Waals surface area contributed by atoms with E-state index in [2.05, 4.69) is 14.8 Å². The largest absolute Gasteiger partial charge is 0.486 e. The van der Waals surface area contributed by atoms with Crippen molar-refractivity contribution in [2.24, 2.45) is 0 Å². The summed E-state index contributed by atoms with van der Waals surface area (Å²) in [7, 11) is -2.61. The number of esters is 1. The van der Waals surface area contributed by atoms with Gasteiger partial charge in [0.2, 0.25) is 0 Å². The summed E-state index contributed by atoms with van der Waals surface area (Å²) in [5, 5.41) is 2.77. The molecule has 2 N–H and O–H groups in total. The average Bonchev–Trinajstić information content (AvgIpc) is 2.86. The Morgan fingerprint density at radius 3 is 2.38 bits per heavy atom. The molecule has 0 atom stereocenters. The number of fused-ring (bicyclic) bond motifs is 1. The maximum absolute atomic E-state index is 12.8. The lowest BCUT2D eigenvalue weighted by Crippen LogP contribution is -2.23. The Balaban J connectivity index is 1.42. The van der Waals surface area contributed by atoms with Gasteiger partial charge in [-0.25, -0.2) is 13.2 Å². The van der Waals surface area contributed by atoms with E-state index in [0.717, 1.165) is 5.56 Å². The van der Waals surface area contributed by atoms with Gasteiger partial charge in [-0.15, -0.1) is 0 Å². The van der Waals surface area contributed by atoms with E-state index in [1.165, 1.54) is 25.3 Å². The summed E-state index contributed by atoms with van der Waals surface area (Å²) in [5.74, 6) is 0.0363. The molecule has 3 aromatic carbocycles. The van der Waals surface area contributed by atoms with Crippen molar-refractivity contribution in [3.8, 4) is 11.5 Å². The van der Waals surface area contributed by atoms with Crippen molar-refractivity contribution >= 4 is 27.6 Å². The zero-order valence-electron chi connectivity index (χ0n) is 18.2. The molecule has 0 bridgehead atoms. The maximum atomic E-state index is 12.8. The zero-order valence-corrected chi connectivity index (χ0v) is 19.1. The van der Waals surface area contributed by atoms with Gasteiger partial charge in [0.05, 0.1) is 17.6 Å². The van der Waals surface area contributed by atoms with E-state index in [-0.39, 0.29) is 28.6 Å². The van der Waals surface area contributed by atoms with Gasteiger partial charge in [-0.1, -0.05) is 18.2 Å². The standard InChI is InChI=1S/C24H22N2O7S/c1-31-24(28)17-7-5-16(6-8-17)15-25-23(27)18-3-2-4-19(13-18)26-34(29,30)20-9-10-21-22(14-20)33-12-11-32-21/h2-10,13-14,26H,11-12,15H2,1H3,(H,25,27). The molecule has 9 nitrogen and oxygen atoms in total. The molecule has 1 heterocycles. The minimum atomic E-state index is -3.91. The summed E-state index contributed by atoms with van der Waals surface area (Å²) in [4.78, 5) is 24.1. The van der Waals surface area contributed by atoms with Crippen LogP contribution in [0.4, 0.5) is 5.69 Å². The molecule has 0 aliphatic carbocycles. The highest BCUT2D eigenvalue weighted by Gasteiger charge is 2.20. The van der Waals surface area contributed by atoms with Crippen molar-refractivity contribution in [1.29, 1.82) is 0 Å². The Hall–Kier alpha value is -4.05. The second-order valence-electron chi connectivity index (χ2n) is 7.36. The topological polar surface area (TPSA) is 120 Å². The van der Waals surface area contributed by atoms with E-state index in [4.69, 9.17) is 9.47 Å². The number of anilines is 1. The van der Waals surface area contributed by atoms with Gasteiger partial charge in [-0.05, 0) is 48.0 Å². The number of rotatable bonds is 7. The first-order valence-corrected chi connectivity index (χ1v) is 11.8. The minimum absolute atomic E-state index is 0.0157. The van der Waals surface area contributed by atoms with Crippen LogP contribution in [-0.2, 0) is 21.3 Å². The molecular formula is C24H22N2O7S. The molecule has 4 rings (SSSR count). The third-order valence-electron chi connectivity index (χ3n) is 5.03. The average molecular weight is 483 g/mol. The van der Waals surface area contributed by atoms with Crippen molar-refractivity contribution < 1.29 is 32.2 Å². The molecule has 10 heteroatoms. The van der Waals surface area contributed by atoms with Gasteiger partial charge in [0.25, 0.3) is 15.9 Å². The number of sulfonamides is 1. The van der Waals surface area contributed by atoms with E-state index in [9.17, 15) is 18.0 Å². The van der Waals surface area contributed by atoms with Crippen LogP contribution in [0.2, 0.25) is 0 Å². The fraction of sp³-hybridized carbons (Fsp3) is 0.167. The summed E-state index contributed by atoms with van der Waals surface area (Å²) in [5.41, 5.74) is 1.73. The van der Waals surface area contributed by atoms with Crippen LogP contribution >= 0.6 is 0 Å². The van der Waals surface area contributed by atoms with Gasteiger partial charge in [-0.2, -0.15) is 0 Å². The van der Waals surface area contributed by atoms with Crippen LogP contribution in [0.15, 0.2) is 71.6 Å². The highest BCUT2D eigenvalue weighted by molar-refractivity contribution is 7.92. The number of methoxy groups -OCH3 is 1. The van der Waals surface area contributed by atoms with E-state index >= 15 is 0 Å². The predicted octanol–water partition coefficient (Wildman–Crippen LogP) is 2.98. The third-order valence-corrected chi connectivity index (χ3v) is 6.41. The van der Waals surface area contributed by atoms with Crippen LogP contribution in [0.25, 0.3) is 0 Å². The maximum Gasteiger partial charge on any atom is 0.337 e. The number of hydrogen-bond donors (Lipinski definition) is 2. The summed E-state index contributed by atoms with van der Waals surface area (Å²) in [6.45, 7) is 0.981. The van der Waals surface area contributed by atoms with Gasteiger partial charge in [0, 0.05) is 23.9 Å². The molecule has 0 unspecified atom stereocenters. The molecule has 0 aromatic heterocycles. The van der Waals surface area contributed by atoms with Gasteiger partial charge >= 0.3 is 5.97 Å². The second-order valence-corrected chi connectivity index (χ2v) is 9.05. The van der Waals surface area contributed by atoms with Crippen LogP contribution in [0, 0.1) is 0 Å². The van der Waals surface area contributed by atoms with Crippen LogP contribution in [0.1, 0.15) is 26.3 Å². The number of hydrogen-bond acceptors (Lipinski definition) is 7. The van der Waals surface area contributed by atoms with Crippen molar-refractivity contribution in [3.05, 3.63) is 83.4 Å². The Labute approximate surface area is 196 Å². The highest BCUT2D eigenvalue weighted by atomic mass is 32.2. The number of carbonyl (C=O) groups is 2. The number of nitrogens with one attached hydrogen (secondary N) is 2. The molecule has 0 saturated carbocycles. The van der Waals surface area contributed by atoms with Crippen molar-refractivity contribution in [3.63, 3.8) is 0 Å². The summed E-state index contributed by atoms with van der Waals surface area (Å²) in [6.07, 6.45) is 0. The van der Waals surface area contributed by atoms with Crippen LogP contribution < -0.4 is 19.5 Å². The predicted molar refractivity (Wildman–Crippen MR) is 124 cm³/mol. The van der Waals surface area contributed by atoms with Crippen LogP contribution in [-0.4, -0.2) is 40.6 Å². The van der Waals surface area contributed by atoms with E-state index in [1.807, 2.05) is 0 Å². The lowest BCUT2D eigenvalue weighted by molar-refractivity contribution is 0.0600. The van der Waals surface area contributed by atoms with E-state index < -0.39 is 16.0 Å². The minimum Gasteiger partial charge on any atom is -0.486 e. The molecule has 3 aromatic rings. The lowest BCUT2D eigenvalue weighted by Gasteiger charge is -2.19. The van der Waals surface area contributed by atoms with Crippen molar-refractivity contribution in [1.82, 2.24) is 5.32 Å². The summed E-state index contributed by atoms with van der Waals surface area (Å²) >= 11 is 0. The molecule has 1 aliphatic heterocycles.